The maximum Gasteiger partial charge on any atom is 0.280 e. The number of aromatic amines is 1. The van der Waals surface area contributed by atoms with Gasteiger partial charge in [-0.2, -0.15) is 5.16 Å². The summed E-state index contributed by atoms with van der Waals surface area (Å²) in [5, 5.41) is 2.27. The number of carbonyl (C=O) groups is 1. The van der Waals surface area contributed by atoms with Crippen LogP contribution < -0.4 is 5.56 Å². The number of nitrogens with zero attached hydrogens (tertiary/aromatic N) is 1. The molecule has 0 radical (unpaired) electrons. The van der Waals surface area contributed by atoms with E-state index in [2.05, 4.69) is 10.1 Å². The Hall–Kier alpha value is -1.52. The maximum atomic E-state index is 12.4. The van der Waals surface area contributed by atoms with Gasteiger partial charge in [-0.05, 0) is 49.4 Å². The maximum absolute atomic E-state index is 12.4. The standard InChI is InChI=1S/C16H22N2O3/c19-15-7-12(21-17-15)5-6-16(20)18-8-13-10-1-2-11(4-3-10)14(13)9-18/h7,10-11,13-14H,1-6,8-9H2,(H,17,19)/t10?,11?,13-,14+. The second-order valence-corrected chi connectivity index (χ2v) is 6.98. The Kier molecular flexibility index (Phi) is 3.16. The predicted molar refractivity (Wildman–Crippen MR) is 76.7 cm³/mol. The molecule has 2 atom stereocenters. The summed E-state index contributed by atoms with van der Waals surface area (Å²) >= 11 is 0. The summed E-state index contributed by atoms with van der Waals surface area (Å²) in [6.07, 6.45) is 6.46. The first-order chi connectivity index (χ1) is 10.2. The first-order valence-corrected chi connectivity index (χ1v) is 8.16. The molecule has 0 unspecified atom stereocenters. The Labute approximate surface area is 123 Å². The van der Waals surface area contributed by atoms with E-state index in [0.29, 0.717) is 18.6 Å². The number of hydrogen-bond acceptors (Lipinski definition) is 3. The molecule has 114 valence electrons. The van der Waals surface area contributed by atoms with Gasteiger partial charge in [-0.3, -0.25) is 9.59 Å². The summed E-state index contributed by atoms with van der Waals surface area (Å²) in [6.45, 7) is 1.92. The molecule has 4 aliphatic rings. The molecule has 1 aliphatic heterocycles. The molecule has 2 bridgehead atoms. The highest BCUT2D eigenvalue weighted by molar-refractivity contribution is 5.76. The molecule has 1 amide bonds. The summed E-state index contributed by atoms with van der Waals surface area (Å²) in [6, 6.07) is 1.43. The molecule has 3 aliphatic carbocycles. The number of carbonyl (C=O) groups excluding carboxylic acids is 1. The number of likely N-dealkylation sites (tertiary alicyclic amines) is 1. The number of rotatable bonds is 3. The van der Waals surface area contributed by atoms with Gasteiger partial charge in [-0.15, -0.1) is 0 Å². The van der Waals surface area contributed by atoms with Crippen LogP contribution in [0, 0.1) is 23.7 Å². The van der Waals surface area contributed by atoms with Gasteiger partial charge in [-0.25, -0.2) is 0 Å². The summed E-state index contributed by atoms with van der Waals surface area (Å²) in [4.78, 5) is 25.5. The SMILES string of the molecule is O=C(CCc1cc(=O)[nH]o1)N1C[C@@H]2C3CCC(CC3)[C@@H]2C1. The zero-order chi connectivity index (χ0) is 14.4. The number of amides is 1. The fraction of sp³-hybridized carbons (Fsp3) is 0.750. The summed E-state index contributed by atoms with van der Waals surface area (Å²) in [7, 11) is 0. The largest absolute Gasteiger partial charge is 0.384 e. The normalized spacial score (nSPS) is 34.2. The Balaban J connectivity index is 1.37. The van der Waals surface area contributed by atoms with Crippen LogP contribution in [0.25, 0.3) is 0 Å². The summed E-state index contributed by atoms with van der Waals surface area (Å²) in [5.41, 5.74) is -0.235. The van der Waals surface area contributed by atoms with Gasteiger partial charge in [0, 0.05) is 32.0 Å². The molecule has 5 rings (SSSR count). The highest BCUT2D eigenvalue weighted by Gasteiger charge is 2.48. The third-order valence-electron chi connectivity index (χ3n) is 5.95. The lowest BCUT2D eigenvalue weighted by Crippen LogP contribution is -2.38. The van der Waals surface area contributed by atoms with Crippen molar-refractivity contribution in [2.45, 2.75) is 38.5 Å². The quantitative estimate of drug-likeness (QED) is 0.923. The van der Waals surface area contributed by atoms with Crippen LogP contribution in [-0.4, -0.2) is 29.1 Å². The van der Waals surface area contributed by atoms with Crippen LogP contribution in [0.4, 0.5) is 0 Å². The van der Waals surface area contributed by atoms with Crippen LogP contribution in [0.15, 0.2) is 15.4 Å². The van der Waals surface area contributed by atoms with E-state index in [9.17, 15) is 9.59 Å². The second-order valence-electron chi connectivity index (χ2n) is 6.98. The zero-order valence-electron chi connectivity index (χ0n) is 12.2. The molecule has 0 aromatic carbocycles. The molecule has 1 N–H and O–H groups in total. The average molecular weight is 290 g/mol. The van der Waals surface area contributed by atoms with E-state index in [1.54, 1.807) is 0 Å². The van der Waals surface area contributed by atoms with Crippen molar-refractivity contribution in [2.24, 2.45) is 23.7 Å². The summed E-state index contributed by atoms with van der Waals surface area (Å²) < 4.78 is 5.01. The number of nitrogens with one attached hydrogen (secondary N) is 1. The van der Waals surface area contributed by atoms with Crippen LogP contribution in [-0.2, 0) is 11.2 Å². The highest BCUT2D eigenvalue weighted by atomic mass is 16.5. The van der Waals surface area contributed by atoms with Crippen molar-refractivity contribution >= 4 is 5.91 Å². The fourth-order valence-electron chi connectivity index (χ4n) is 4.89. The Morgan fingerprint density at radius 1 is 1.19 bits per heavy atom. The van der Waals surface area contributed by atoms with Crippen molar-refractivity contribution in [3.8, 4) is 0 Å². The van der Waals surface area contributed by atoms with Crippen LogP contribution >= 0.6 is 0 Å². The van der Waals surface area contributed by atoms with E-state index in [0.717, 1.165) is 36.8 Å². The first kappa shape index (κ1) is 13.2. The van der Waals surface area contributed by atoms with Crippen molar-refractivity contribution in [3.63, 3.8) is 0 Å². The number of H-pyrrole nitrogens is 1. The topological polar surface area (TPSA) is 66.3 Å². The van der Waals surface area contributed by atoms with E-state index in [-0.39, 0.29) is 11.5 Å². The lowest BCUT2D eigenvalue weighted by atomic mass is 9.60. The van der Waals surface area contributed by atoms with E-state index in [4.69, 9.17) is 4.52 Å². The van der Waals surface area contributed by atoms with Crippen molar-refractivity contribution in [1.82, 2.24) is 10.1 Å². The van der Waals surface area contributed by atoms with Gasteiger partial charge >= 0.3 is 0 Å². The molecule has 5 heteroatoms. The minimum atomic E-state index is -0.235. The third kappa shape index (κ3) is 2.32. The van der Waals surface area contributed by atoms with E-state index < -0.39 is 0 Å². The minimum Gasteiger partial charge on any atom is -0.384 e. The molecule has 0 spiro atoms. The highest BCUT2D eigenvalue weighted by Crippen LogP contribution is 2.51. The second kappa shape index (κ2) is 5.04. The van der Waals surface area contributed by atoms with Gasteiger partial charge in [0.25, 0.3) is 5.56 Å². The zero-order valence-corrected chi connectivity index (χ0v) is 12.2. The van der Waals surface area contributed by atoms with Crippen LogP contribution in [0.3, 0.4) is 0 Å². The van der Waals surface area contributed by atoms with Crippen molar-refractivity contribution in [3.05, 3.63) is 22.2 Å². The molecule has 5 nitrogen and oxygen atoms in total. The third-order valence-corrected chi connectivity index (χ3v) is 5.95. The monoisotopic (exact) mass is 290 g/mol. The predicted octanol–water partition coefficient (Wildman–Crippen LogP) is 1.80. The molecular weight excluding hydrogens is 268 g/mol. The van der Waals surface area contributed by atoms with E-state index >= 15 is 0 Å². The number of fused-ring (bicyclic) bond motifs is 2. The Morgan fingerprint density at radius 2 is 1.81 bits per heavy atom. The van der Waals surface area contributed by atoms with Gasteiger partial charge in [-0.1, -0.05) is 0 Å². The van der Waals surface area contributed by atoms with Crippen molar-refractivity contribution in [2.75, 3.05) is 13.1 Å². The lowest BCUT2D eigenvalue weighted by Gasteiger charge is -2.44. The molecule has 2 heterocycles. The van der Waals surface area contributed by atoms with Crippen LogP contribution in [0.5, 0.6) is 0 Å². The van der Waals surface area contributed by atoms with Crippen molar-refractivity contribution < 1.29 is 9.32 Å². The van der Waals surface area contributed by atoms with E-state index in [1.807, 2.05) is 0 Å². The number of aromatic nitrogens is 1. The van der Waals surface area contributed by atoms with Gasteiger partial charge in [0.2, 0.25) is 5.91 Å². The molecule has 3 saturated carbocycles. The van der Waals surface area contributed by atoms with E-state index in [1.165, 1.54) is 31.7 Å². The fourth-order valence-corrected chi connectivity index (χ4v) is 4.89. The molecule has 1 saturated heterocycles. The minimum absolute atomic E-state index is 0.215. The summed E-state index contributed by atoms with van der Waals surface area (Å²) in [5.74, 6) is 4.02. The molecule has 4 fully saturated rings. The van der Waals surface area contributed by atoms with Crippen LogP contribution in [0.2, 0.25) is 0 Å². The van der Waals surface area contributed by atoms with Gasteiger partial charge < -0.3 is 9.42 Å². The molecule has 21 heavy (non-hydrogen) atoms. The average Bonchev–Trinajstić information content (AvgIpc) is 3.13. The number of hydrogen-bond donors (Lipinski definition) is 1. The molecule has 1 aromatic rings. The smallest absolute Gasteiger partial charge is 0.280 e. The van der Waals surface area contributed by atoms with Crippen LogP contribution in [0.1, 0.15) is 37.9 Å². The molecule has 1 aromatic heterocycles. The number of aryl methyl sites for hydroxylation is 1. The van der Waals surface area contributed by atoms with Gasteiger partial charge in [0.1, 0.15) is 5.76 Å². The molecular formula is C16H22N2O3. The van der Waals surface area contributed by atoms with Gasteiger partial charge in [0.05, 0.1) is 0 Å². The first-order valence-electron chi connectivity index (χ1n) is 8.16. The van der Waals surface area contributed by atoms with Gasteiger partial charge in [0.15, 0.2) is 0 Å². The lowest BCUT2D eigenvalue weighted by molar-refractivity contribution is -0.130. The Morgan fingerprint density at radius 3 is 2.33 bits per heavy atom. The van der Waals surface area contributed by atoms with Crippen molar-refractivity contribution in [1.29, 1.82) is 0 Å². The Bertz CT molecular complexity index is 562.